The van der Waals surface area contributed by atoms with Gasteiger partial charge in [-0.25, -0.2) is 5.01 Å². The number of amidine groups is 1. The monoisotopic (exact) mass is 317 g/mol. The normalized spacial score (nSPS) is 18.6. The first-order valence-electron chi connectivity index (χ1n) is 7.74. The maximum absolute atomic E-state index is 12.1. The molecule has 1 aromatic carbocycles. The lowest BCUT2D eigenvalue weighted by Gasteiger charge is -2.33. The molecule has 0 aromatic heterocycles. The van der Waals surface area contributed by atoms with Crippen molar-refractivity contribution >= 4 is 17.7 Å². The quantitative estimate of drug-likeness (QED) is 0.865. The molecule has 1 saturated carbocycles. The predicted octanol–water partition coefficient (Wildman–Crippen LogP) is 1.85. The minimum atomic E-state index is -0.995. The Labute approximate surface area is 133 Å². The molecule has 2 N–H and O–H groups in total. The van der Waals surface area contributed by atoms with Crippen molar-refractivity contribution in [3.63, 3.8) is 0 Å². The number of hydrogen-bond acceptors (Lipinski definition) is 5. The van der Waals surface area contributed by atoms with Gasteiger partial charge in [-0.15, -0.1) is 0 Å². The zero-order valence-corrected chi connectivity index (χ0v) is 12.7. The molecular weight excluding hydrogens is 298 g/mol. The number of carbonyl (C=O) groups excluding carboxylic acids is 1. The van der Waals surface area contributed by atoms with E-state index in [-0.39, 0.29) is 18.7 Å². The Morgan fingerprint density at radius 2 is 1.91 bits per heavy atom. The van der Waals surface area contributed by atoms with Gasteiger partial charge >= 0.3 is 5.97 Å². The molecule has 1 fully saturated rings. The highest BCUT2D eigenvalue weighted by molar-refractivity contribution is 6.00. The number of hydrogen-bond donors (Lipinski definition) is 2. The topological polar surface area (TPSA) is 91.2 Å². The lowest BCUT2D eigenvalue weighted by Crippen LogP contribution is -2.56. The van der Waals surface area contributed by atoms with Crippen molar-refractivity contribution in [3.8, 4) is 0 Å². The number of oxime groups is 1. The van der Waals surface area contributed by atoms with Gasteiger partial charge in [0.15, 0.2) is 5.84 Å². The molecule has 0 atom stereocenters. The Bertz CT molecular complexity index is 623. The summed E-state index contributed by atoms with van der Waals surface area (Å²) in [6.07, 6.45) is 3.26. The summed E-state index contributed by atoms with van der Waals surface area (Å²) in [5.74, 6) is -0.797. The van der Waals surface area contributed by atoms with Crippen molar-refractivity contribution in [2.45, 2.75) is 44.2 Å². The number of amides is 1. The summed E-state index contributed by atoms with van der Waals surface area (Å²) >= 11 is 0. The summed E-state index contributed by atoms with van der Waals surface area (Å²) < 4.78 is 0. The van der Waals surface area contributed by atoms with Crippen LogP contribution in [0.15, 0.2) is 35.5 Å². The van der Waals surface area contributed by atoms with Gasteiger partial charge in [-0.3, -0.25) is 15.0 Å². The molecule has 1 spiro atoms. The highest BCUT2D eigenvalue weighted by atomic mass is 16.7. The molecular formula is C16H19N3O4. The molecule has 1 heterocycles. The molecule has 0 bridgehead atoms. The van der Waals surface area contributed by atoms with Gasteiger partial charge in [0, 0.05) is 24.8 Å². The third-order valence-electron chi connectivity index (χ3n) is 4.14. The Hall–Kier alpha value is -2.57. The maximum Gasteiger partial charge on any atom is 0.303 e. The van der Waals surface area contributed by atoms with Gasteiger partial charge in [0.25, 0.3) is 0 Å². The summed E-state index contributed by atoms with van der Waals surface area (Å²) in [5.41, 5.74) is 2.98. The van der Waals surface area contributed by atoms with E-state index >= 15 is 0 Å². The highest BCUT2D eigenvalue weighted by Gasteiger charge is 2.49. The zero-order valence-electron chi connectivity index (χ0n) is 12.7. The summed E-state index contributed by atoms with van der Waals surface area (Å²) in [7, 11) is 0. The number of benzene rings is 1. The molecule has 1 amide bonds. The molecule has 3 rings (SSSR count). The van der Waals surface area contributed by atoms with Crippen molar-refractivity contribution in [2.24, 2.45) is 5.16 Å². The third-order valence-corrected chi connectivity index (χ3v) is 4.14. The Morgan fingerprint density at radius 1 is 1.22 bits per heavy atom. The van der Waals surface area contributed by atoms with Crippen LogP contribution in [0, 0.1) is 0 Å². The molecule has 122 valence electrons. The Balaban J connectivity index is 1.79. The second-order valence-electron chi connectivity index (χ2n) is 5.79. The first-order chi connectivity index (χ1) is 11.1. The predicted molar refractivity (Wildman–Crippen MR) is 82.1 cm³/mol. The van der Waals surface area contributed by atoms with E-state index in [9.17, 15) is 9.59 Å². The molecule has 0 unspecified atom stereocenters. The minimum Gasteiger partial charge on any atom is -0.481 e. The lowest BCUT2D eigenvalue weighted by molar-refractivity contribution is -0.144. The molecule has 23 heavy (non-hydrogen) atoms. The number of carbonyl (C=O) groups is 2. The van der Waals surface area contributed by atoms with Crippen molar-refractivity contribution < 1.29 is 19.5 Å². The van der Waals surface area contributed by atoms with Gasteiger partial charge < -0.3 is 9.94 Å². The molecule has 0 radical (unpaired) electrons. The highest BCUT2D eigenvalue weighted by Crippen LogP contribution is 2.40. The van der Waals surface area contributed by atoms with Crippen LogP contribution in [0.5, 0.6) is 0 Å². The number of carboxylic acids is 1. The largest absolute Gasteiger partial charge is 0.481 e. The fourth-order valence-electron chi connectivity index (χ4n) is 2.97. The van der Waals surface area contributed by atoms with E-state index in [0.29, 0.717) is 5.84 Å². The summed E-state index contributed by atoms with van der Waals surface area (Å²) in [4.78, 5) is 28.4. The van der Waals surface area contributed by atoms with E-state index < -0.39 is 11.7 Å². The third kappa shape index (κ3) is 3.13. The fourth-order valence-corrected chi connectivity index (χ4v) is 2.97. The van der Waals surface area contributed by atoms with Gasteiger partial charge in [0.2, 0.25) is 11.6 Å². The smallest absolute Gasteiger partial charge is 0.303 e. The molecule has 7 nitrogen and oxygen atoms in total. The van der Waals surface area contributed by atoms with E-state index in [1.807, 2.05) is 30.3 Å². The van der Waals surface area contributed by atoms with Crippen LogP contribution >= 0.6 is 0 Å². The average Bonchev–Trinajstić information content (AvgIpc) is 3.16. The van der Waals surface area contributed by atoms with Crippen LogP contribution in [0.2, 0.25) is 0 Å². The summed E-state index contributed by atoms with van der Waals surface area (Å²) in [6, 6.07) is 9.48. The number of nitrogens with one attached hydrogen (secondary N) is 1. The van der Waals surface area contributed by atoms with Gasteiger partial charge in [-0.05, 0) is 12.8 Å². The van der Waals surface area contributed by atoms with Crippen LogP contribution in [-0.2, 0) is 14.4 Å². The van der Waals surface area contributed by atoms with E-state index in [1.165, 1.54) is 0 Å². The molecule has 0 saturated heterocycles. The van der Waals surface area contributed by atoms with Crippen LogP contribution in [0.4, 0.5) is 0 Å². The summed E-state index contributed by atoms with van der Waals surface area (Å²) in [5, 5.41) is 14.6. The van der Waals surface area contributed by atoms with Gasteiger partial charge in [0.1, 0.15) is 0 Å². The number of hydrazine groups is 1. The first-order valence-corrected chi connectivity index (χ1v) is 7.74. The number of aliphatic carboxylic acids is 1. The van der Waals surface area contributed by atoms with Crippen molar-refractivity contribution in [1.29, 1.82) is 0 Å². The Morgan fingerprint density at radius 3 is 2.57 bits per heavy atom. The molecule has 7 heteroatoms. The van der Waals surface area contributed by atoms with Crippen molar-refractivity contribution in [2.75, 3.05) is 0 Å². The minimum absolute atomic E-state index is 0.0794. The molecule has 1 aliphatic carbocycles. The number of nitrogens with zero attached hydrogens (tertiary/aromatic N) is 2. The van der Waals surface area contributed by atoms with Crippen molar-refractivity contribution in [1.82, 2.24) is 10.4 Å². The summed E-state index contributed by atoms with van der Waals surface area (Å²) in [6.45, 7) is 0. The molecule has 2 aliphatic rings. The van der Waals surface area contributed by atoms with Gasteiger partial charge in [-0.2, -0.15) is 0 Å². The second-order valence-corrected chi connectivity index (χ2v) is 5.79. The van der Waals surface area contributed by atoms with Gasteiger partial charge in [0.05, 0.1) is 6.42 Å². The molecule has 1 aliphatic heterocycles. The average molecular weight is 317 g/mol. The van der Waals surface area contributed by atoms with E-state index in [4.69, 9.17) is 9.94 Å². The van der Waals surface area contributed by atoms with Gasteiger partial charge in [-0.1, -0.05) is 35.5 Å². The number of rotatable bonds is 5. The van der Waals surface area contributed by atoms with E-state index in [2.05, 4.69) is 10.6 Å². The fraction of sp³-hybridized carbons (Fsp3) is 0.438. The molecule has 1 aromatic rings. The Kier molecular flexibility index (Phi) is 4.18. The van der Waals surface area contributed by atoms with Crippen LogP contribution in [0.3, 0.4) is 0 Å². The van der Waals surface area contributed by atoms with Crippen molar-refractivity contribution in [3.05, 3.63) is 35.9 Å². The van der Waals surface area contributed by atoms with Crippen LogP contribution < -0.4 is 5.43 Å². The van der Waals surface area contributed by atoms with E-state index in [0.717, 1.165) is 31.2 Å². The second kappa shape index (κ2) is 6.28. The standard InChI is InChI=1S/C16H19N3O4/c20-13(8-9-14(21)22)17-19-15(12-6-2-1-3-7-12)18-23-16(19)10-4-5-11-16/h1-3,6-7H,4-5,8-11H2,(H,17,20)(H,21,22). The lowest BCUT2D eigenvalue weighted by atomic mass is 10.1. The number of carboxylic acid groups (broad SMARTS) is 1. The SMILES string of the molecule is O=C(O)CCC(=O)NN1C(c2ccccc2)=NOC12CCCC2. The van der Waals surface area contributed by atoms with Crippen LogP contribution in [0.25, 0.3) is 0 Å². The maximum atomic E-state index is 12.1. The van der Waals surface area contributed by atoms with Crippen LogP contribution in [0.1, 0.15) is 44.1 Å². The first kappa shape index (κ1) is 15.3. The zero-order chi connectivity index (χ0) is 16.3. The van der Waals surface area contributed by atoms with E-state index in [1.54, 1.807) is 5.01 Å². The van der Waals surface area contributed by atoms with Crippen LogP contribution in [-0.4, -0.2) is 33.6 Å².